The van der Waals surface area contributed by atoms with Crippen molar-refractivity contribution in [3.63, 3.8) is 0 Å². The Balaban J connectivity index is 2.06. The van der Waals surface area contributed by atoms with Gasteiger partial charge < -0.3 is 4.74 Å². The van der Waals surface area contributed by atoms with Crippen LogP contribution in [0.2, 0.25) is 0 Å². The second-order valence-corrected chi connectivity index (χ2v) is 7.47. The van der Waals surface area contributed by atoms with Crippen LogP contribution in [0.5, 0.6) is 0 Å². The number of thiophene rings is 1. The molecule has 0 fully saturated rings. The standard InChI is InChI=1S/C14H15NO4S2/c1-9-3-10(2)5-11(4-9)7-19-14(16)12-6-13(20-8-12)21(15,17)18/h3-6,8H,7H2,1-2H3,(H2,15,17,18). The molecular formula is C14H15NO4S2. The van der Waals surface area contributed by atoms with Crippen LogP contribution >= 0.6 is 11.3 Å². The van der Waals surface area contributed by atoms with Crippen LogP contribution < -0.4 is 5.14 Å². The Morgan fingerprint density at radius 3 is 2.33 bits per heavy atom. The molecular weight excluding hydrogens is 310 g/mol. The average molecular weight is 325 g/mol. The van der Waals surface area contributed by atoms with Gasteiger partial charge in [-0.05, 0) is 25.5 Å². The number of sulfonamides is 1. The van der Waals surface area contributed by atoms with E-state index >= 15 is 0 Å². The molecule has 0 radical (unpaired) electrons. The van der Waals surface area contributed by atoms with E-state index in [1.165, 1.54) is 11.4 Å². The Labute approximate surface area is 127 Å². The number of carbonyl (C=O) groups excluding carboxylic acids is 1. The van der Waals surface area contributed by atoms with Gasteiger partial charge >= 0.3 is 5.97 Å². The van der Waals surface area contributed by atoms with Gasteiger partial charge in [-0.15, -0.1) is 11.3 Å². The number of benzene rings is 1. The molecule has 0 spiro atoms. The highest BCUT2D eigenvalue weighted by Gasteiger charge is 2.16. The van der Waals surface area contributed by atoms with Crippen LogP contribution in [0.3, 0.4) is 0 Å². The van der Waals surface area contributed by atoms with Crippen molar-refractivity contribution in [3.8, 4) is 0 Å². The van der Waals surface area contributed by atoms with E-state index in [9.17, 15) is 13.2 Å². The number of primary sulfonamides is 1. The Morgan fingerprint density at radius 2 is 1.81 bits per heavy atom. The first-order valence-electron chi connectivity index (χ1n) is 6.11. The van der Waals surface area contributed by atoms with Crippen LogP contribution in [0.25, 0.3) is 0 Å². The zero-order chi connectivity index (χ0) is 15.6. The van der Waals surface area contributed by atoms with Crippen molar-refractivity contribution in [3.05, 3.63) is 51.9 Å². The zero-order valence-electron chi connectivity index (χ0n) is 11.6. The van der Waals surface area contributed by atoms with Crippen molar-refractivity contribution in [1.82, 2.24) is 0 Å². The van der Waals surface area contributed by atoms with Gasteiger partial charge in [-0.25, -0.2) is 18.4 Å². The molecule has 0 aliphatic heterocycles. The molecule has 0 saturated heterocycles. The normalized spacial score (nSPS) is 11.4. The molecule has 0 amide bonds. The Kier molecular flexibility index (Phi) is 4.46. The van der Waals surface area contributed by atoms with Crippen molar-refractivity contribution < 1.29 is 17.9 Å². The number of hydrogen-bond donors (Lipinski definition) is 1. The highest BCUT2D eigenvalue weighted by Crippen LogP contribution is 2.20. The quantitative estimate of drug-likeness (QED) is 0.874. The van der Waals surface area contributed by atoms with Gasteiger partial charge in [-0.3, -0.25) is 0 Å². The van der Waals surface area contributed by atoms with Gasteiger partial charge in [0.2, 0.25) is 10.0 Å². The van der Waals surface area contributed by atoms with Crippen molar-refractivity contribution in [2.75, 3.05) is 0 Å². The van der Waals surface area contributed by atoms with E-state index in [0.717, 1.165) is 28.0 Å². The van der Waals surface area contributed by atoms with E-state index in [4.69, 9.17) is 9.88 Å². The molecule has 0 unspecified atom stereocenters. The summed E-state index contributed by atoms with van der Waals surface area (Å²) in [5.41, 5.74) is 3.26. The molecule has 2 N–H and O–H groups in total. The van der Waals surface area contributed by atoms with E-state index in [-0.39, 0.29) is 16.4 Å². The van der Waals surface area contributed by atoms with Crippen molar-refractivity contribution in [1.29, 1.82) is 0 Å². The largest absolute Gasteiger partial charge is 0.457 e. The predicted octanol–water partition coefficient (Wildman–Crippen LogP) is 2.37. The summed E-state index contributed by atoms with van der Waals surface area (Å²) >= 11 is 0.898. The second kappa shape index (κ2) is 5.97. The highest BCUT2D eigenvalue weighted by atomic mass is 32.2. The van der Waals surface area contributed by atoms with Crippen LogP contribution in [-0.4, -0.2) is 14.4 Å². The molecule has 0 aliphatic rings. The molecule has 0 saturated carbocycles. The fourth-order valence-corrected chi connectivity index (χ4v) is 3.53. The van der Waals surface area contributed by atoms with Crippen molar-refractivity contribution >= 4 is 27.3 Å². The zero-order valence-corrected chi connectivity index (χ0v) is 13.3. The maximum absolute atomic E-state index is 11.9. The average Bonchev–Trinajstić information content (AvgIpc) is 2.84. The molecule has 1 aromatic carbocycles. The number of carbonyl (C=O) groups is 1. The van der Waals surface area contributed by atoms with E-state index in [1.807, 2.05) is 32.0 Å². The minimum Gasteiger partial charge on any atom is -0.457 e. The molecule has 2 rings (SSSR count). The van der Waals surface area contributed by atoms with Crippen LogP contribution in [0, 0.1) is 13.8 Å². The van der Waals surface area contributed by atoms with Gasteiger partial charge in [0, 0.05) is 5.38 Å². The number of aryl methyl sites for hydroxylation is 2. The fourth-order valence-electron chi connectivity index (χ4n) is 1.96. The summed E-state index contributed by atoms with van der Waals surface area (Å²) in [4.78, 5) is 11.9. The lowest BCUT2D eigenvalue weighted by molar-refractivity contribution is 0.0473. The molecule has 1 heterocycles. The number of ether oxygens (including phenoxy) is 1. The number of hydrogen-bond acceptors (Lipinski definition) is 5. The summed E-state index contributed by atoms with van der Waals surface area (Å²) < 4.78 is 27.4. The SMILES string of the molecule is Cc1cc(C)cc(COC(=O)c2csc(S(N)(=O)=O)c2)c1. The summed E-state index contributed by atoms with van der Waals surface area (Å²) in [5.74, 6) is -0.569. The lowest BCUT2D eigenvalue weighted by Crippen LogP contribution is -2.10. The second-order valence-electron chi connectivity index (χ2n) is 4.77. The van der Waals surface area contributed by atoms with Crippen molar-refractivity contribution in [2.45, 2.75) is 24.7 Å². The molecule has 1 aromatic heterocycles. The summed E-state index contributed by atoms with van der Waals surface area (Å²) in [6.07, 6.45) is 0. The maximum Gasteiger partial charge on any atom is 0.339 e. The predicted molar refractivity (Wildman–Crippen MR) is 80.7 cm³/mol. The minimum atomic E-state index is -3.78. The van der Waals surface area contributed by atoms with Crippen LogP contribution in [0.15, 0.2) is 33.9 Å². The first-order chi connectivity index (χ1) is 9.75. The van der Waals surface area contributed by atoms with Crippen LogP contribution in [-0.2, 0) is 21.4 Å². The van der Waals surface area contributed by atoms with Gasteiger partial charge in [0.1, 0.15) is 10.8 Å². The maximum atomic E-state index is 11.9. The molecule has 5 nitrogen and oxygen atoms in total. The first-order valence-corrected chi connectivity index (χ1v) is 8.54. The number of nitrogens with two attached hydrogens (primary N) is 1. The van der Waals surface area contributed by atoms with Gasteiger partial charge in [0.05, 0.1) is 5.56 Å². The first kappa shape index (κ1) is 15.7. The van der Waals surface area contributed by atoms with E-state index in [2.05, 4.69) is 0 Å². The van der Waals surface area contributed by atoms with E-state index in [0.29, 0.717) is 0 Å². The molecule has 0 atom stereocenters. The lowest BCUT2D eigenvalue weighted by Gasteiger charge is -2.06. The van der Waals surface area contributed by atoms with E-state index < -0.39 is 16.0 Å². The Morgan fingerprint density at radius 1 is 1.19 bits per heavy atom. The molecule has 112 valence electrons. The monoisotopic (exact) mass is 325 g/mol. The third-order valence-corrected chi connectivity index (χ3v) is 5.13. The smallest absolute Gasteiger partial charge is 0.339 e. The number of rotatable bonds is 4. The van der Waals surface area contributed by atoms with Gasteiger partial charge in [0.15, 0.2) is 0 Å². The summed E-state index contributed by atoms with van der Waals surface area (Å²) in [6.45, 7) is 4.08. The Bertz CT molecular complexity index is 758. The topological polar surface area (TPSA) is 86.5 Å². The fraction of sp³-hybridized carbons (Fsp3) is 0.214. The molecule has 2 aromatic rings. The molecule has 0 aliphatic carbocycles. The highest BCUT2D eigenvalue weighted by molar-refractivity contribution is 7.91. The molecule has 0 bridgehead atoms. The molecule has 7 heteroatoms. The lowest BCUT2D eigenvalue weighted by atomic mass is 10.1. The summed E-state index contributed by atoms with van der Waals surface area (Å²) in [6, 6.07) is 7.12. The van der Waals surface area contributed by atoms with Gasteiger partial charge in [-0.2, -0.15) is 0 Å². The minimum absolute atomic E-state index is 0.0548. The van der Waals surface area contributed by atoms with Crippen LogP contribution in [0.1, 0.15) is 27.0 Å². The molecule has 21 heavy (non-hydrogen) atoms. The van der Waals surface area contributed by atoms with Crippen molar-refractivity contribution in [2.24, 2.45) is 5.14 Å². The third kappa shape index (κ3) is 4.13. The summed E-state index contributed by atoms with van der Waals surface area (Å²) in [5, 5.41) is 6.42. The van der Waals surface area contributed by atoms with E-state index in [1.54, 1.807) is 0 Å². The number of esters is 1. The van der Waals surface area contributed by atoms with Gasteiger partial charge in [-0.1, -0.05) is 29.3 Å². The summed E-state index contributed by atoms with van der Waals surface area (Å²) in [7, 11) is -3.78. The third-order valence-electron chi connectivity index (χ3n) is 2.74. The van der Waals surface area contributed by atoms with Crippen LogP contribution in [0.4, 0.5) is 0 Å². The van der Waals surface area contributed by atoms with Gasteiger partial charge in [0.25, 0.3) is 0 Å². The Hall–Kier alpha value is -1.70.